The molecule has 3 aromatic carbocycles. The maximum Gasteiger partial charge on any atom is 0.271 e. The number of benzene rings is 3. The molecule has 0 saturated heterocycles. The molecule has 3 aromatic rings. The minimum atomic E-state index is -0.492. The molecule has 0 aliphatic heterocycles. The summed E-state index contributed by atoms with van der Waals surface area (Å²) in [5.74, 6) is -0.720. The van der Waals surface area contributed by atoms with Crippen molar-refractivity contribution in [3.05, 3.63) is 105 Å². The van der Waals surface area contributed by atoms with Gasteiger partial charge in [-0.25, -0.2) is 5.43 Å². The maximum atomic E-state index is 12.4. The summed E-state index contributed by atoms with van der Waals surface area (Å²) in [5.41, 5.74) is 5.17. The quantitative estimate of drug-likeness (QED) is 0.369. The Kier molecular flexibility index (Phi) is 6.29. The van der Waals surface area contributed by atoms with Crippen molar-refractivity contribution in [3.63, 3.8) is 0 Å². The lowest BCUT2D eigenvalue weighted by molar-refractivity contribution is -0.384. The summed E-state index contributed by atoms with van der Waals surface area (Å²) in [4.78, 5) is 34.9. The van der Waals surface area contributed by atoms with Crippen LogP contribution in [0.3, 0.4) is 0 Å². The fourth-order valence-corrected chi connectivity index (χ4v) is 2.68. The lowest BCUT2D eigenvalue weighted by Gasteiger charge is -2.08. The van der Waals surface area contributed by atoms with E-state index in [-0.39, 0.29) is 11.6 Å². The third kappa shape index (κ3) is 5.14. The van der Waals surface area contributed by atoms with Gasteiger partial charge in [-0.05, 0) is 54.4 Å². The molecule has 30 heavy (non-hydrogen) atoms. The average Bonchev–Trinajstić information content (AvgIpc) is 2.74. The minimum Gasteiger partial charge on any atom is -0.322 e. The molecular formula is C22H18N4O4. The van der Waals surface area contributed by atoms with Crippen LogP contribution in [0.2, 0.25) is 0 Å². The molecule has 0 bridgehead atoms. The predicted molar refractivity (Wildman–Crippen MR) is 114 cm³/mol. The van der Waals surface area contributed by atoms with Crippen LogP contribution in [0.25, 0.3) is 0 Å². The molecule has 0 radical (unpaired) electrons. The number of amides is 2. The van der Waals surface area contributed by atoms with E-state index >= 15 is 0 Å². The Labute approximate surface area is 172 Å². The van der Waals surface area contributed by atoms with Crippen LogP contribution in [0.1, 0.15) is 31.8 Å². The van der Waals surface area contributed by atoms with Gasteiger partial charge >= 0.3 is 0 Å². The summed E-state index contributed by atoms with van der Waals surface area (Å²) in [6.45, 7) is 1.85. The second-order valence-corrected chi connectivity index (χ2v) is 6.40. The van der Waals surface area contributed by atoms with Crippen molar-refractivity contribution in [1.29, 1.82) is 0 Å². The summed E-state index contributed by atoms with van der Waals surface area (Å²) in [5, 5.41) is 17.3. The van der Waals surface area contributed by atoms with Gasteiger partial charge in [0.1, 0.15) is 0 Å². The summed E-state index contributed by atoms with van der Waals surface area (Å²) in [6.07, 6.45) is 1.38. The molecular weight excluding hydrogens is 384 g/mol. The Morgan fingerprint density at radius 1 is 0.967 bits per heavy atom. The Balaban J connectivity index is 1.63. The van der Waals surface area contributed by atoms with Crippen molar-refractivity contribution in [2.45, 2.75) is 6.92 Å². The highest BCUT2D eigenvalue weighted by atomic mass is 16.6. The third-order valence-corrected chi connectivity index (χ3v) is 4.26. The van der Waals surface area contributed by atoms with E-state index in [0.29, 0.717) is 22.4 Å². The minimum absolute atomic E-state index is 0.0271. The molecule has 0 aromatic heterocycles. The Morgan fingerprint density at radius 2 is 1.70 bits per heavy atom. The van der Waals surface area contributed by atoms with E-state index in [1.807, 2.05) is 19.1 Å². The number of anilines is 1. The van der Waals surface area contributed by atoms with Crippen molar-refractivity contribution in [2.24, 2.45) is 5.10 Å². The first kappa shape index (κ1) is 20.4. The van der Waals surface area contributed by atoms with Crippen LogP contribution in [0.4, 0.5) is 11.4 Å². The van der Waals surface area contributed by atoms with E-state index in [2.05, 4.69) is 15.8 Å². The highest BCUT2D eigenvalue weighted by molar-refractivity contribution is 6.06. The van der Waals surface area contributed by atoms with Crippen molar-refractivity contribution in [2.75, 3.05) is 5.32 Å². The van der Waals surface area contributed by atoms with Gasteiger partial charge in [0.2, 0.25) is 0 Å². The van der Waals surface area contributed by atoms with Gasteiger partial charge in [0.05, 0.1) is 11.1 Å². The highest BCUT2D eigenvalue weighted by Gasteiger charge is 2.10. The molecule has 0 spiro atoms. The molecule has 0 atom stereocenters. The second-order valence-electron chi connectivity index (χ2n) is 6.40. The number of nitrogens with one attached hydrogen (secondary N) is 2. The predicted octanol–water partition coefficient (Wildman–Crippen LogP) is 3.92. The van der Waals surface area contributed by atoms with Crippen molar-refractivity contribution < 1.29 is 14.5 Å². The number of rotatable bonds is 6. The van der Waals surface area contributed by atoms with E-state index in [9.17, 15) is 19.7 Å². The number of non-ortho nitro benzene ring substituents is 1. The zero-order valence-corrected chi connectivity index (χ0v) is 16.0. The number of nitro benzene ring substituents is 1. The van der Waals surface area contributed by atoms with Crippen LogP contribution >= 0.6 is 0 Å². The first-order valence-electron chi connectivity index (χ1n) is 8.99. The van der Waals surface area contributed by atoms with Crippen LogP contribution in [-0.2, 0) is 0 Å². The van der Waals surface area contributed by atoms with Gasteiger partial charge in [0.15, 0.2) is 0 Å². The molecule has 0 aliphatic carbocycles. The molecule has 0 unspecified atom stereocenters. The topological polar surface area (TPSA) is 114 Å². The monoisotopic (exact) mass is 402 g/mol. The smallest absolute Gasteiger partial charge is 0.271 e. The standard InChI is InChI=1S/C22H18N4O4/c1-15-5-2-3-8-20(15)22(28)24-18-7-4-6-17(13-18)21(27)25-23-14-16-9-11-19(12-10-16)26(29)30/h2-14H,1H3,(H,24,28)(H,25,27)/b23-14-. The van der Waals surface area contributed by atoms with Crippen LogP contribution in [0, 0.1) is 17.0 Å². The molecule has 0 heterocycles. The van der Waals surface area contributed by atoms with Gasteiger partial charge < -0.3 is 5.32 Å². The number of hydrogen-bond acceptors (Lipinski definition) is 5. The van der Waals surface area contributed by atoms with E-state index in [1.165, 1.54) is 30.5 Å². The first-order valence-corrected chi connectivity index (χ1v) is 8.99. The van der Waals surface area contributed by atoms with Gasteiger partial charge in [0, 0.05) is 28.9 Å². The molecule has 150 valence electrons. The molecule has 8 heteroatoms. The van der Waals surface area contributed by atoms with E-state index in [4.69, 9.17) is 0 Å². The summed E-state index contributed by atoms with van der Waals surface area (Å²) >= 11 is 0. The van der Waals surface area contributed by atoms with Crippen LogP contribution in [0.15, 0.2) is 77.9 Å². The molecule has 3 rings (SSSR count). The largest absolute Gasteiger partial charge is 0.322 e. The van der Waals surface area contributed by atoms with Gasteiger partial charge in [-0.3, -0.25) is 19.7 Å². The average molecular weight is 402 g/mol. The Hall–Kier alpha value is -4.33. The normalized spacial score (nSPS) is 10.6. The fourth-order valence-electron chi connectivity index (χ4n) is 2.68. The summed E-state index contributed by atoms with van der Waals surface area (Å²) in [7, 11) is 0. The van der Waals surface area contributed by atoms with Gasteiger partial charge in [-0.2, -0.15) is 5.10 Å². The number of nitro groups is 1. The molecule has 0 fully saturated rings. The number of carbonyl (C=O) groups excluding carboxylic acids is 2. The van der Waals surface area contributed by atoms with Gasteiger partial charge in [0.25, 0.3) is 17.5 Å². The van der Waals surface area contributed by atoms with Crippen LogP contribution in [-0.4, -0.2) is 23.0 Å². The molecule has 8 nitrogen and oxygen atoms in total. The van der Waals surface area contributed by atoms with Gasteiger partial charge in [-0.15, -0.1) is 0 Å². The van der Waals surface area contributed by atoms with E-state index in [1.54, 1.807) is 36.4 Å². The lowest BCUT2D eigenvalue weighted by atomic mass is 10.1. The molecule has 2 N–H and O–H groups in total. The Morgan fingerprint density at radius 3 is 2.40 bits per heavy atom. The third-order valence-electron chi connectivity index (χ3n) is 4.26. The highest BCUT2D eigenvalue weighted by Crippen LogP contribution is 2.14. The zero-order valence-electron chi connectivity index (χ0n) is 16.0. The zero-order chi connectivity index (χ0) is 21.5. The lowest BCUT2D eigenvalue weighted by Crippen LogP contribution is -2.18. The van der Waals surface area contributed by atoms with E-state index in [0.717, 1.165) is 5.56 Å². The summed E-state index contributed by atoms with van der Waals surface area (Å²) < 4.78 is 0. The molecule has 0 aliphatic rings. The Bertz CT molecular complexity index is 1120. The van der Waals surface area contributed by atoms with Crippen LogP contribution < -0.4 is 10.7 Å². The maximum absolute atomic E-state index is 12.4. The number of hydrogen-bond donors (Lipinski definition) is 2. The number of aryl methyl sites for hydroxylation is 1. The van der Waals surface area contributed by atoms with Gasteiger partial charge in [-0.1, -0.05) is 24.3 Å². The SMILES string of the molecule is Cc1ccccc1C(=O)Nc1cccc(C(=O)N/N=C\c2ccc([N+](=O)[O-])cc2)c1. The van der Waals surface area contributed by atoms with Crippen molar-refractivity contribution in [1.82, 2.24) is 5.43 Å². The molecule has 2 amide bonds. The summed E-state index contributed by atoms with van der Waals surface area (Å²) in [6, 6.07) is 19.5. The van der Waals surface area contributed by atoms with E-state index < -0.39 is 10.8 Å². The van der Waals surface area contributed by atoms with Crippen LogP contribution in [0.5, 0.6) is 0 Å². The first-order chi connectivity index (χ1) is 14.4. The number of hydrazone groups is 1. The number of carbonyl (C=O) groups is 2. The number of nitrogens with zero attached hydrogens (tertiary/aromatic N) is 2. The second kappa shape index (κ2) is 9.24. The van der Waals surface area contributed by atoms with Crippen molar-refractivity contribution in [3.8, 4) is 0 Å². The fraction of sp³-hybridized carbons (Fsp3) is 0.0455. The molecule has 0 saturated carbocycles. The van der Waals surface area contributed by atoms with Crippen molar-refractivity contribution >= 4 is 29.4 Å².